The van der Waals surface area contributed by atoms with Gasteiger partial charge in [0.2, 0.25) is 0 Å². The van der Waals surface area contributed by atoms with Crippen LogP contribution in [0.25, 0.3) is 0 Å². The van der Waals surface area contributed by atoms with E-state index in [-0.39, 0.29) is 0 Å². The Kier molecular flexibility index (Phi) is 3.68. The van der Waals surface area contributed by atoms with Crippen molar-refractivity contribution in [1.29, 1.82) is 0 Å². The number of benzene rings is 1. The van der Waals surface area contributed by atoms with Crippen molar-refractivity contribution in [2.45, 2.75) is 25.9 Å². The first kappa shape index (κ1) is 12.7. The summed E-state index contributed by atoms with van der Waals surface area (Å²) in [5.41, 5.74) is 2.57. The molecule has 3 nitrogen and oxygen atoms in total. The highest BCUT2D eigenvalue weighted by Crippen LogP contribution is 2.23. The first-order valence-electron chi connectivity index (χ1n) is 7.05. The maximum Gasteiger partial charge on any atom is 0.0954 e. The second-order valence-electron chi connectivity index (χ2n) is 4.98. The minimum absolute atomic E-state index is 0.351. The van der Waals surface area contributed by atoms with Crippen molar-refractivity contribution in [3.05, 3.63) is 78.6 Å². The second-order valence-corrected chi connectivity index (χ2v) is 4.98. The van der Waals surface area contributed by atoms with Crippen LogP contribution in [0, 0.1) is 0 Å². The van der Waals surface area contributed by atoms with Gasteiger partial charge in [0.25, 0.3) is 0 Å². The van der Waals surface area contributed by atoms with Gasteiger partial charge in [-0.25, -0.2) is 4.98 Å². The third-order valence-electron chi connectivity index (χ3n) is 3.66. The molecular weight excluding hydrogens is 246 g/mol. The fourth-order valence-electron chi connectivity index (χ4n) is 2.67. The molecule has 0 aliphatic rings. The second kappa shape index (κ2) is 5.78. The number of hydrogen-bond acceptors (Lipinski definition) is 1. The van der Waals surface area contributed by atoms with E-state index in [1.807, 2.05) is 12.5 Å². The lowest BCUT2D eigenvalue weighted by molar-refractivity contribution is 0.536. The van der Waals surface area contributed by atoms with Gasteiger partial charge in [-0.1, -0.05) is 37.3 Å². The molecule has 0 aliphatic heterocycles. The van der Waals surface area contributed by atoms with Crippen LogP contribution in [-0.4, -0.2) is 14.1 Å². The summed E-state index contributed by atoms with van der Waals surface area (Å²) >= 11 is 0. The summed E-state index contributed by atoms with van der Waals surface area (Å²) in [5.74, 6) is 0. The lowest BCUT2D eigenvalue weighted by Gasteiger charge is -2.20. The molecule has 1 atom stereocenters. The Morgan fingerprint density at radius 2 is 1.80 bits per heavy atom. The number of nitrogens with zero attached hydrogens (tertiary/aromatic N) is 3. The van der Waals surface area contributed by atoms with Gasteiger partial charge in [0.1, 0.15) is 0 Å². The van der Waals surface area contributed by atoms with E-state index in [4.69, 9.17) is 0 Å². The number of aromatic nitrogens is 3. The summed E-state index contributed by atoms with van der Waals surface area (Å²) in [6, 6.07) is 15.1. The van der Waals surface area contributed by atoms with Crippen LogP contribution in [0.1, 0.15) is 30.6 Å². The zero-order valence-corrected chi connectivity index (χ0v) is 11.7. The van der Waals surface area contributed by atoms with E-state index in [0.717, 1.165) is 13.0 Å². The van der Waals surface area contributed by atoms with E-state index < -0.39 is 0 Å². The highest BCUT2D eigenvalue weighted by Gasteiger charge is 2.14. The lowest BCUT2D eigenvalue weighted by atomic mass is 10.0. The Hall–Kier alpha value is -2.29. The third-order valence-corrected chi connectivity index (χ3v) is 3.66. The van der Waals surface area contributed by atoms with Crippen molar-refractivity contribution >= 4 is 0 Å². The standard InChI is InChI=1S/C17H19N3/c1-2-17(15-8-4-3-5-9-15)20-14-18-12-16(20)13-19-10-6-7-11-19/h3-12,14,17H,2,13H2,1H3. The molecular formula is C17H19N3. The highest BCUT2D eigenvalue weighted by molar-refractivity contribution is 5.21. The molecule has 0 radical (unpaired) electrons. The predicted molar refractivity (Wildman–Crippen MR) is 80.6 cm³/mol. The Bertz CT molecular complexity index is 638. The van der Waals surface area contributed by atoms with Gasteiger partial charge in [0.05, 0.1) is 24.6 Å². The SMILES string of the molecule is CCC(c1ccccc1)n1cncc1Cn1cccc1. The van der Waals surface area contributed by atoms with E-state index in [1.165, 1.54) is 11.3 Å². The molecule has 0 saturated heterocycles. The fraction of sp³-hybridized carbons (Fsp3) is 0.235. The molecule has 0 amide bonds. The van der Waals surface area contributed by atoms with Crippen molar-refractivity contribution < 1.29 is 0 Å². The number of hydrogen-bond donors (Lipinski definition) is 0. The smallest absolute Gasteiger partial charge is 0.0954 e. The third kappa shape index (κ3) is 2.52. The van der Waals surface area contributed by atoms with Crippen LogP contribution in [0.3, 0.4) is 0 Å². The van der Waals surface area contributed by atoms with Gasteiger partial charge in [-0.2, -0.15) is 0 Å². The van der Waals surface area contributed by atoms with Gasteiger partial charge in [-0.05, 0) is 24.1 Å². The summed E-state index contributed by atoms with van der Waals surface area (Å²) in [6.45, 7) is 3.08. The first-order chi connectivity index (χ1) is 9.88. The van der Waals surface area contributed by atoms with E-state index in [9.17, 15) is 0 Å². The number of imidazole rings is 1. The minimum atomic E-state index is 0.351. The van der Waals surface area contributed by atoms with Crippen LogP contribution in [-0.2, 0) is 6.54 Å². The molecule has 0 N–H and O–H groups in total. The summed E-state index contributed by atoms with van der Waals surface area (Å²) < 4.78 is 4.46. The maximum atomic E-state index is 4.35. The molecule has 102 valence electrons. The normalized spacial score (nSPS) is 12.4. The summed E-state index contributed by atoms with van der Waals surface area (Å²) in [4.78, 5) is 4.35. The highest BCUT2D eigenvalue weighted by atomic mass is 15.1. The molecule has 2 heterocycles. The van der Waals surface area contributed by atoms with Crippen molar-refractivity contribution in [3.8, 4) is 0 Å². The molecule has 0 saturated carbocycles. The molecule has 3 aromatic rings. The van der Waals surface area contributed by atoms with Gasteiger partial charge in [0, 0.05) is 18.6 Å². The van der Waals surface area contributed by atoms with Crippen LogP contribution >= 0.6 is 0 Å². The van der Waals surface area contributed by atoms with E-state index in [1.54, 1.807) is 0 Å². The van der Waals surface area contributed by atoms with Gasteiger partial charge >= 0.3 is 0 Å². The average Bonchev–Trinajstić information content (AvgIpc) is 3.14. The average molecular weight is 265 g/mol. The molecule has 0 fully saturated rings. The Labute approximate surface area is 119 Å². The van der Waals surface area contributed by atoms with Crippen molar-refractivity contribution in [3.63, 3.8) is 0 Å². The monoisotopic (exact) mass is 265 g/mol. The van der Waals surface area contributed by atoms with Crippen LogP contribution in [0.2, 0.25) is 0 Å². The quantitative estimate of drug-likeness (QED) is 0.689. The maximum absolute atomic E-state index is 4.35. The molecule has 0 aliphatic carbocycles. The van der Waals surface area contributed by atoms with E-state index >= 15 is 0 Å². The van der Waals surface area contributed by atoms with Crippen molar-refractivity contribution in [1.82, 2.24) is 14.1 Å². The number of rotatable bonds is 5. The molecule has 0 spiro atoms. The fourth-order valence-corrected chi connectivity index (χ4v) is 2.67. The molecule has 1 unspecified atom stereocenters. The zero-order chi connectivity index (χ0) is 13.8. The Morgan fingerprint density at radius 1 is 1.05 bits per heavy atom. The summed E-state index contributed by atoms with van der Waals surface area (Å²) in [7, 11) is 0. The van der Waals surface area contributed by atoms with E-state index in [2.05, 4.69) is 75.9 Å². The lowest BCUT2D eigenvalue weighted by Crippen LogP contribution is -2.13. The Balaban J connectivity index is 1.91. The van der Waals surface area contributed by atoms with Gasteiger partial charge in [-0.15, -0.1) is 0 Å². The van der Waals surface area contributed by atoms with Crippen molar-refractivity contribution in [2.24, 2.45) is 0 Å². The molecule has 2 aromatic heterocycles. The van der Waals surface area contributed by atoms with Gasteiger partial charge < -0.3 is 9.13 Å². The van der Waals surface area contributed by atoms with E-state index in [0.29, 0.717) is 6.04 Å². The molecule has 0 bridgehead atoms. The summed E-state index contributed by atoms with van der Waals surface area (Å²) in [5, 5.41) is 0. The van der Waals surface area contributed by atoms with Gasteiger partial charge in [0.15, 0.2) is 0 Å². The van der Waals surface area contributed by atoms with Crippen LogP contribution in [0.4, 0.5) is 0 Å². The van der Waals surface area contributed by atoms with Gasteiger partial charge in [-0.3, -0.25) is 0 Å². The molecule has 3 rings (SSSR count). The molecule has 3 heteroatoms. The minimum Gasteiger partial charge on any atom is -0.348 e. The first-order valence-corrected chi connectivity index (χ1v) is 7.05. The molecule has 20 heavy (non-hydrogen) atoms. The molecule has 1 aromatic carbocycles. The largest absolute Gasteiger partial charge is 0.348 e. The summed E-state index contributed by atoms with van der Waals surface area (Å²) in [6.07, 6.45) is 9.13. The predicted octanol–water partition coefficient (Wildman–Crippen LogP) is 3.73. The van der Waals surface area contributed by atoms with Crippen molar-refractivity contribution in [2.75, 3.05) is 0 Å². The zero-order valence-electron chi connectivity index (χ0n) is 11.7. The van der Waals surface area contributed by atoms with Crippen LogP contribution in [0.15, 0.2) is 67.4 Å². The van der Waals surface area contributed by atoms with Crippen LogP contribution in [0.5, 0.6) is 0 Å². The van der Waals surface area contributed by atoms with Crippen LogP contribution < -0.4 is 0 Å². The Morgan fingerprint density at radius 3 is 2.50 bits per heavy atom. The topological polar surface area (TPSA) is 22.8 Å².